The summed E-state index contributed by atoms with van der Waals surface area (Å²) in [4.78, 5) is 14.2. The number of H-pyrrole nitrogens is 1. The lowest BCUT2D eigenvalue weighted by Gasteiger charge is -2.05. The highest BCUT2D eigenvalue weighted by Gasteiger charge is 2.14. The summed E-state index contributed by atoms with van der Waals surface area (Å²) in [6.45, 7) is 1.86. The van der Waals surface area contributed by atoms with E-state index in [-0.39, 0.29) is 0 Å². The number of fused-ring (bicyclic) bond motifs is 1. The molecule has 0 bridgehead atoms. The van der Waals surface area contributed by atoms with Crippen molar-refractivity contribution in [1.82, 2.24) is 4.98 Å². The van der Waals surface area contributed by atoms with E-state index in [0.717, 1.165) is 22.9 Å². The Kier molecular flexibility index (Phi) is 2.56. The van der Waals surface area contributed by atoms with Crippen molar-refractivity contribution in [1.29, 1.82) is 0 Å². The maximum atomic E-state index is 11.0. The number of benzene rings is 1. The number of carbonyl (C=O) groups is 1. The van der Waals surface area contributed by atoms with E-state index in [0.29, 0.717) is 17.1 Å². The highest BCUT2D eigenvalue weighted by Crippen LogP contribution is 2.34. The van der Waals surface area contributed by atoms with Crippen LogP contribution in [-0.2, 0) is 0 Å². The topological polar surface area (TPSA) is 51.3 Å². The minimum absolute atomic E-state index is 0.634. The molecule has 0 saturated carbocycles. The normalized spacial score (nSPS) is 10.4. The fourth-order valence-corrected chi connectivity index (χ4v) is 1.85. The first-order chi connectivity index (χ1) is 7.71. The van der Waals surface area contributed by atoms with Gasteiger partial charge < -0.3 is 14.5 Å². The molecule has 0 unspecified atom stereocenters. The van der Waals surface area contributed by atoms with Crippen LogP contribution in [0.1, 0.15) is 16.1 Å². The average Bonchev–Trinajstić information content (AvgIpc) is 2.62. The molecule has 4 nitrogen and oxygen atoms in total. The van der Waals surface area contributed by atoms with E-state index < -0.39 is 0 Å². The number of hydrogen-bond acceptors (Lipinski definition) is 3. The van der Waals surface area contributed by atoms with Crippen molar-refractivity contribution in [3.63, 3.8) is 0 Å². The molecule has 0 radical (unpaired) electrons. The van der Waals surface area contributed by atoms with Gasteiger partial charge in [0.05, 0.1) is 25.1 Å². The molecule has 2 rings (SSSR count). The molecule has 0 aliphatic carbocycles. The summed E-state index contributed by atoms with van der Waals surface area (Å²) in [5.41, 5.74) is 2.31. The molecule has 2 aromatic rings. The van der Waals surface area contributed by atoms with Crippen LogP contribution in [0.25, 0.3) is 10.9 Å². The number of carbonyl (C=O) groups excluding carboxylic acids is 1. The van der Waals surface area contributed by atoms with Gasteiger partial charge in [-0.2, -0.15) is 0 Å². The molecule has 16 heavy (non-hydrogen) atoms. The Morgan fingerprint density at radius 3 is 2.56 bits per heavy atom. The van der Waals surface area contributed by atoms with Crippen LogP contribution >= 0.6 is 0 Å². The second-order valence-corrected chi connectivity index (χ2v) is 3.53. The Labute approximate surface area is 93.2 Å². The van der Waals surface area contributed by atoms with Crippen LogP contribution in [0.2, 0.25) is 0 Å². The third kappa shape index (κ3) is 1.43. The summed E-state index contributed by atoms with van der Waals surface area (Å²) in [6.07, 6.45) is 0.836. The molecule has 0 atom stereocenters. The maximum Gasteiger partial charge on any atom is 0.152 e. The molecule has 0 aliphatic heterocycles. The van der Waals surface area contributed by atoms with Gasteiger partial charge in [-0.3, -0.25) is 4.79 Å². The number of aromatic amines is 1. The largest absolute Gasteiger partial charge is 0.497 e. The van der Waals surface area contributed by atoms with E-state index in [1.54, 1.807) is 20.3 Å². The first-order valence-electron chi connectivity index (χ1n) is 4.90. The molecule has 84 valence electrons. The minimum atomic E-state index is 0.634. The zero-order valence-electron chi connectivity index (χ0n) is 9.46. The van der Waals surface area contributed by atoms with Crippen LogP contribution in [0.3, 0.4) is 0 Å². The monoisotopic (exact) mass is 219 g/mol. The van der Waals surface area contributed by atoms with Crippen molar-refractivity contribution in [2.45, 2.75) is 6.92 Å². The molecular weight excluding hydrogens is 206 g/mol. The lowest BCUT2D eigenvalue weighted by atomic mass is 10.1. The van der Waals surface area contributed by atoms with Gasteiger partial charge in [-0.1, -0.05) is 0 Å². The summed E-state index contributed by atoms with van der Waals surface area (Å²) >= 11 is 0. The number of methoxy groups -OCH3 is 2. The molecule has 1 heterocycles. The van der Waals surface area contributed by atoms with E-state index in [1.165, 1.54) is 0 Å². The lowest BCUT2D eigenvalue weighted by Crippen LogP contribution is -1.89. The number of aromatic nitrogens is 1. The number of aldehydes is 1. The van der Waals surface area contributed by atoms with Crippen molar-refractivity contribution in [2.75, 3.05) is 14.2 Å². The Morgan fingerprint density at radius 2 is 2.00 bits per heavy atom. The van der Waals surface area contributed by atoms with Crippen LogP contribution in [0.5, 0.6) is 11.5 Å². The van der Waals surface area contributed by atoms with Crippen LogP contribution in [0, 0.1) is 6.92 Å². The molecule has 0 aliphatic rings. The van der Waals surface area contributed by atoms with E-state index >= 15 is 0 Å². The Hall–Kier alpha value is -1.97. The van der Waals surface area contributed by atoms with Gasteiger partial charge in [-0.25, -0.2) is 0 Å². The zero-order valence-corrected chi connectivity index (χ0v) is 9.46. The van der Waals surface area contributed by atoms with Crippen molar-refractivity contribution >= 4 is 17.2 Å². The Bertz CT molecular complexity index is 543. The smallest absolute Gasteiger partial charge is 0.152 e. The molecule has 0 saturated heterocycles. The highest BCUT2D eigenvalue weighted by atomic mass is 16.5. The summed E-state index contributed by atoms with van der Waals surface area (Å²) in [6, 6.07) is 3.61. The van der Waals surface area contributed by atoms with E-state index in [9.17, 15) is 4.79 Å². The summed E-state index contributed by atoms with van der Waals surface area (Å²) in [5.74, 6) is 1.34. The Morgan fingerprint density at radius 1 is 1.25 bits per heavy atom. The fourth-order valence-electron chi connectivity index (χ4n) is 1.85. The van der Waals surface area contributed by atoms with Gasteiger partial charge in [0.25, 0.3) is 0 Å². The molecule has 0 spiro atoms. The number of rotatable bonds is 3. The van der Waals surface area contributed by atoms with Crippen LogP contribution in [0.4, 0.5) is 0 Å². The predicted octanol–water partition coefficient (Wildman–Crippen LogP) is 2.31. The first kappa shape index (κ1) is 10.5. The standard InChI is InChI=1S/C12H13NO3/c1-7-9(6-14)12-10(13-7)4-8(15-2)5-11(12)16-3/h4-6,13H,1-3H3. The van der Waals surface area contributed by atoms with Gasteiger partial charge in [0.15, 0.2) is 6.29 Å². The number of ether oxygens (including phenoxy) is 2. The molecule has 4 heteroatoms. The predicted molar refractivity (Wildman–Crippen MR) is 61.5 cm³/mol. The van der Waals surface area contributed by atoms with Crippen molar-refractivity contribution in [3.8, 4) is 11.5 Å². The van der Waals surface area contributed by atoms with E-state index in [1.807, 2.05) is 13.0 Å². The van der Waals surface area contributed by atoms with Crippen LogP contribution in [0.15, 0.2) is 12.1 Å². The van der Waals surface area contributed by atoms with Gasteiger partial charge >= 0.3 is 0 Å². The van der Waals surface area contributed by atoms with Gasteiger partial charge in [0.1, 0.15) is 11.5 Å². The molecule has 0 fully saturated rings. The highest BCUT2D eigenvalue weighted by molar-refractivity contribution is 6.03. The average molecular weight is 219 g/mol. The quantitative estimate of drug-likeness (QED) is 0.806. The fraction of sp³-hybridized carbons (Fsp3) is 0.250. The van der Waals surface area contributed by atoms with Crippen LogP contribution in [-0.4, -0.2) is 25.5 Å². The van der Waals surface area contributed by atoms with Gasteiger partial charge in [0, 0.05) is 23.4 Å². The number of nitrogens with one attached hydrogen (secondary N) is 1. The molecule has 1 N–H and O–H groups in total. The number of hydrogen-bond donors (Lipinski definition) is 1. The molecule has 1 aromatic carbocycles. The SMILES string of the molecule is COc1cc(OC)c2c(C=O)c(C)[nH]c2c1. The third-order valence-corrected chi connectivity index (χ3v) is 2.64. The zero-order chi connectivity index (χ0) is 11.7. The molecule has 1 aromatic heterocycles. The third-order valence-electron chi connectivity index (χ3n) is 2.64. The maximum absolute atomic E-state index is 11.0. The summed E-state index contributed by atoms with van der Waals surface area (Å²) in [7, 11) is 3.17. The van der Waals surface area contributed by atoms with Crippen LogP contribution < -0.4 is 9.47 Å². The van der Waals surface area contributed by atoms with Crippen molar-refractivity contribution in [3.05, 3.63) is 23.4 Å². The van der Waals surface area contributed by atoms with E-state index in [4.69, 9.17) is 9.47 Å². The van der Waals surface area contributed by atoms with Crippen molar-refractivity contribution < 1.29 is 14.3 Å². The second kappa shape index (κ2) is 3.89. The van der Waals surface area contributed by atoms with Gasteiger partial charge in [-0.05, 0) is 6.92 Å². The Balaban J connectivity index is 2.84. The van der Waals surface area contributed by atoms with Crippen molar-refractivity contribution in [2.24, 2.45) is 0 Å². The molecule has 0 amide bonds. The molecular formula is C12H13NO3. The summed E-state index contributed by atoms with van der Waals surface area (Å²) in [5, 5.41) is 0.802. The summed E-state index contributed by atoms with van der Waals surface area (Å²) < 4.78 is 10.4. The lowest BCUT2D eigenvalue weighted by molar-refractivity contribution is 0.112. The van der Waals surface area contributed by atoms with Gasteiger partial charge in [-0.15, -0.1) is 0 Å². The second-order valence-electron chi connectivity index (χ2n) is 3.53. The van der Waals surface area contributed by atoms with Gasteiger partial charge in [0.2, 0.25) is 0 Å². The van der Waals surface area contributed by atoms with E-state index in [2.05, 4.69) is 4.98 Å². The number of aryl methyl sites for hydroxylation is 1. The minimum Gasteiger partial charge on any atom is -0.497 e. The first-order valence-corrected chi connectivity index (χ1v) is 4.90.